The molecule has 2 aromatic heterocycles. The molecule has 5 nitrogen and oxygen atoms in total. The smallest absolute Gasteiger partial charge is 0.137 e. The summed E-state index contributed by atoms with van der Waals surface area (Å²) in [5.41, 5.74) is 2.56. The quantitative estimate of drug-likeness (QED) is 0.691. The monoisotopic (exact) mass is 340 g/mol. The third-order valence-electron chi connectivity index (χ3n) is 3.64. The van der Waals surface area contributed by atoms with Gasteiger partial charge in [-0.1, -0.05) is 6.07 Å². The summed E-state index contributed by atoms with van der Waals surface area (Å²) in [6, 6.07) is 11.8. The molecule has 0 aliphatic rings. The number of aliphatic hydroxyl groups excluding tert-OH is 1. The molecule has 1 N–H and O–H groups in total. The van der Waals surface area contributed by atoms with E-state index in [1.807, 2.05) is 67.8 Å². The van der Waals surface area contributed by atoms with E-state index in [9.17, 15) is 0 Å². The molecule has 0 aliphatic carbocycles. The Kier molecular flexibility index (Phi) is 4.95. The van der Waals surface area contributed by atoms with Crippen LogP contribution in [0.2, 0.25) is 0 Å². The Bertz CT molecular complexity index is 850. The summed E-state index contributed by atoms with van der Waals surface area (Å²) < 4.78 is 13.9. The lowest BCUT2D eigenvalue weighted by Crippen LogP contribution is -2.22. The summed E-state index contributed by atoms with van der Waals surface area (Å²) in [6.45, 7) is 6.59. The maximum absolute atomic E-state index is 9.03. The summed E-state index contributed by atoms with van der Waals surface area (Å²) in [5.74, 6) is 1.49. The average molecular weight is 340 g/mol. The van der Waals surface area contributed by atoms with Crippen LogP contribution >= 0.6 is 0 Å². The van der Waals surface area contributed by atoms with E-state index in [2.05, 4.69) is 4.98 Å². The summed E-state index contributed by atoms with van der Waals surface area (Å²) in [4.78, 5) is 4.34. The topological polar surface area (TPSA) is 56.0 Å². The van der Waals surface area contributed by atoms with Gasteiger partial charge in [-0.15, -0.1) is 0 Å². The Balaban J connectivity index is 2.03. The van der Waals surface area contributed by atoms with Crippen molar-refractivity contribution in [1.82, 2.24) is 9.38 Å². The van der Waals surface area contributed by atoms with Gasteiger partial charge in [0.25, 0.3) is 0 Å². The molecule has 0 radical (unpaired) electrons. The Hall–Kier alpha value is -2.53. The van der Waals surface area contributed by atoms with E-state index in [0.717, 1.165) is 28.4 Å². The van der Waals surface area contributed by atoms with Gasteiger partial charge in [0.2, 0.25) is 0 Å². The molecule has 0 aliphatic heterocycles. The van der Waals surface area contributed by atoms with Gasteiger partial charge >= 0.3 is 0 Å². The molecule has 1 aromatic carbocycles. The number of ether oxygens (including phenoxy) is 2. The average Bonchev–Trinajstić information content (AvgIpc) is 3.03. The number of benzene rings is 1. The lowest BCUT2D eigenvalue weighted by molar-refractivity contribution is 0.130. The molecular formula is C20H24N2O3. The van der Waals surface area contributed by atoms with E-state index in [1.165, 1.54) is 0 Å². The zero-order valence-corrected chi connectivity index (χ0v) is 14.9. The molecule has 0 unspecified atom stereocenters. The standard InChI is InChI=1S/C20H24N2O3/c1-20(2,3)25-15-8-9-16(18(14-15)24-13-5-12-23)17-6-4-7-19-21-10-11-22(17)19/h4,6-11,14,23H,5,12-13H2,1-3H3. The fourth-order valence-electron chi connectivity index (χ4n) is 2.66. The normalized spacial score (nSPS) is 11.7. The van der Waals surface area contributed by atoms with E-state index in [4.69, 9.17) is 14.6 Å². The highest BCUT2D eigenvalue weighted by Crippen LogP contribution is 2.35. The first-order chi connectivity index (χ1) is 12.0. The van der Waals surface area contributed by atoms with Crippen LogP contribution in [0.25, 0.3) is 16.9 Å². The van der Waals surface area contributed by atoms with Gasteiger partial charge < -0.3 is 14.6 Å². The summed E-state index contributed by atoms with van der Waals surface area (Å²) in [7, 11) is 0. The minimum Gasteiger partial charge on any atom is -0.493 e. The molecule has 25 heavy (non-hydrogen) atoms. The number of hydrogen-bond donors (Lipinski definition) is 1. The Morgan fingerprint density at radius 1 is 1.16 bits per heavy atom. The number of nitrogens with zero attached hydrogens (tertiary/aromatic N) is 2. The second kappa shape index (κ2) is 7.15. The predicted molar refractivity (Wildman–Crippen MR) is 98.2 cm³/mol. The van der Waals surface area contributed by atoms with E-state index >= 15 is 0 Å². The van der Waals surface area contributed by atoms with Gasteiger partial charge in [0.15, 0.2) is 0 Å². The molecule has 0 amide bonds. The fraction of sp³-hybridized carbons (Fsp3) is 0.350. The van der Waals surface area contributed by atoms with Gasteiger partial charge in [0.05, 0.1) is 12.3 Å². The Labute approximate surface area is 147 Å². The molecular weight excluding hydrogens is 316 g/mol. The van der Waals surface area contributed by atoms with Gasteiger partial charge in [-0.3, -0.25) is 4.40 Å². The van der Waals surface area contributed by atoms with Crippen LogP contribution in [0, 0.1) is 0 Å². The molecule has 5 heteroatoms. The number of aromatic nitrogens is 2. The third-order valence-corrected chi connectivity index (χ3v) is 3.64. The number of imidazole rings is 1. The van der Waals surface area contributed by atoms with Crippen molar-refractivity contribution in [3.63, 3.8) is 0 Å². The molecule has 2 heterocycles. The van der Waals surface area contributed by atoms with Crippen LogP contribution < -0.4 is 9.47 Å². The van der Waals surface area contributed by atoms with Crippen molar-refractivity contribution in [2.75, 3.05) is 13.2 Å². The highest BCUT2D eigenvalue weighted by Gasteiger charge is 2.16. The minimum atomic E-state index is -0.283. The highest BCUT2D eigenvalue weighted by atomic mass is 16.5. The second-order valence-corrected chi connectivity index (χ2v) is 6.86. The van der Waals surface area contributed by atoms with Crippen LogP contribution in [0.1, 0.15) is 27.2 Å². The zero-order valence-electron chi connectivity index (χ0n) is 14.9. The van der Waals surface area contributed by atoms with Crippen LogP contribution in [0.4, 0.5) is 0 Å². The SMILES string of the molecule is CC(C)(C)Oc1ccc(-c2cccc3nccn23)c(OCCCO)c1. The van der Waals surface area contributed by atoms with Crippen molar-refractivity contribution < 1.29 is 14.6 Å². The van der Waals surface area contributed by atoms with E-state index < -0.39 is 0 Å². The maximum atomic E-state index is 9.03. The number of hydrogen-bond acceptors (Lipinski definition) is 4. The summed E-state index contributed by atoms with van der Waals surface area (Å²) in [6.07, 6.45) is 4.29. The molecule has 0 spiro atoms. The van der Waals surface area contributed by atoms with Gasteiger partial charge in [-0.25, -0.2) is 4.98 Å². The predicted octanol–water partition coefficient (Wildman–Crippen LogP) is 3.94. The van der Waals surface area contributed by atoms with Crippen molar-refractivity contribution in [2.24, 2.45) is 0 Å². The number of rotatable bonds is 6. The lowest BCUT2D eigenvalue weighted by atomic mass is 10.1. The first-order valence-corrected chi connectivity index (χ1v) is 8.47. The van der Waals surface area contributed by atoms with Crippen LogP contribution in [0.3, 0.4) is 0 Å². The molecule has 3 rings (SSSR count). The van der Waals surface area contributed by atoms with Crippen molar-refractivity contribution in [3.05, 3.63) is 48.8 Å². The van der Waals surface area contributed by atoms with Crippen LogP contribution in [-0.2, 0) is 0 Å². The van der Waals surface area contributed by atoms with Crippen molar-refractivity contribution in [2.45, 2.75) is 32.8 Å². The van der Waals surface area contributed by atoms with Gasteiger partial charge in [0.1, 0.15) is 22.7 Å². The van der Waals surface area contributed by atoms with Crippen LogP contribution in [0.15, 0.2) is 48.8 Å². The first-order valence-electron chi connectivity index (χ1n) is 8.47. The van der Waals surface area contributed by atoms with E-state index in [1.54, 1.807) is 6.20 Å². The van der Waals surface area contributed by atoms with Gasteiger partial charge in [-0.2, -0.15) is 0 Å². The summed E-state index contributed by atoms with van der Waals surface area (Å²) in [5, 5.41) is 9.03. The molecule has 0 atom stereocenters. The first kappa shape index (κ1) is 17.3. The van der Waals surface area contributed by atoms with Crippen molar-refractivity contribution in [3.8, 4) is 22.8 Å². The molecule has 0 saturated heterocycles. The molecule has 0 saturated carbocycles. The highest BCUT2D eigenvalue weighted by molar-refractivity contribution is 5.71. The maximum Gasteiger partial charge on any atom is 0.137 e. The van der Waals surface area contributed by atoms with Gasteiger partial charge in [-0.05, 0) is 45.0 Å². The van der Waals surface area contributed by atoms with Crippen LogP contribution in [-0.4, -0.2) is 33.3 Å². The fourth-order valence-corrected chi connectivity index (χ4v) is 2.66. The molecule has 0 bridgehead atoms. The van der Waals surface area contributed by atoms with Gasteiger partial charge in [0, 0.05) is 37.1 Å². The Morgan fingerprint density at radius 2 is 2.00 bits per heavy atom. The zero-order chi connectivity index (χ0) is 17.9. The summed E-state index contributed by atoms with van der Waals surface area (Å²) >= 11 is 0. The lowest BCUT2D eigenvalue weighted by Gasteiger charge is -2.22. The van der Waals surface area contributed by atoms with Crippen molar-refractivity contribution >= 4 is 5.65 Å². The molecule has 132 valence electrons. The number of fused-ring (bicyclic) bond motifs is 1. The number of pyridine rings is 1. The third kappa shape index (κ3) is 4.12. The second-order valence-electron chi connectivity index (χ2n) is 6.86. The van der Waals surface area contributed by atoms with E-state index in [-0.39, 0.29) is 12.2 Å². The number of aliphatic hydroxyl groups is 1. The molecule has 3 aromatic rings. The minimum absolute atomic E-state index is 0.102. The largest absolute Gasteiger partial charge is 0.493 e. The van der Waals surface area contributed by atoms with Crippen LogP contribution in [0.5, 0.6) is 11.5 Å². The molecule has 0 fully saturated rings. The van der Waals surface area contributed by atoms with Crippen molar-refractivity contribution in [1.29, 1.82) is 0 Å². The Morgan fingerprint density at radius 3 is 2.76 bits per heavy atom. The van der Waals surface area contributed by atoms with E-state index in [0.29, 0.717) is 13.0 Å².